The minimum Gasteiger partial charge on any atom is -0.340 e. The Labute approximate surface area is 109 Å². The first-order valence-corrected chi connectivity index (χ1v) is 6.38. The zero-order valence-corrected chi connectivity index (χ0v) is 10.9. The maximum absolute atomic E-state index is 11.2. The molecule has 1 aromatic carbocycles. The van der Waals surface area contributed by atoms with E-state index in [-0.39, 0.29) is 5.91 Å². The number of carbonyl (C=O) groups excluding carboxylic acids is 1. The standard InChI is InChI=1S/C15H20N2O/c1-13(15-6-4-3-5-7-15)12-16-8-10-17(11-9-16)14(2)18/h3-7H,1,8-12H2,2H3. The van der Waals surface area contributed by atoms with Crippen molar-refractivity contribution in [1.29, 1.82) is 0 Å². The van der Waals surface area contributed by atoms with Gasteiger partial charge in [-0.25, -0.2) is 0 Å². The fourth-order valence-electron chi connectivity index (χ4n) is 2.26. The van der Waals surface area contributed by atoms with Crippen LogP contribution in [0.3, 0.4) is 0 Å². The monoisotopic (exact) mass is 244 g/mol. The molecule has 0 spiro atoms. The van der Waals surface area contributed by atoms with Gasteiger partial charge in [-0.1, -0.05) is 36.9 Å². The van der Waals surface area contributed by atoms with E-state index in [4.69, 9.17) is 0 Å². The highest BCUT2D eigenvalue weighted by molar-refractivity contribution is 5.73. The largest absolute Gasteiger partial charge is 0.340 e. The first kappa shape index (κ1) is 12.8. The molecule has 1 aliphatic rings. The van der Waals surface area contributed by atoms with E-state index in [9.17, 15) is 4.79 Å². The van der Waals surface area contributed by atoms with Crippen molar-refractivity contribution in [3.05, 3.63) is 42.5 Å². The molecule has 0 unspecified atom stereocenters. The molecule has 0 aromatic heterocycles. The van der Waals surface area contributed by atoms with Gasteiger partial charge in [-0.15, -0.1) is 0 Å². The van der Waals surface area contributed by atoms with Crippen LogP contribution in [-0.2, 0) is 4.79 Å². The number of amides is 1. The number of benzene rings is 1. The quantitative estimate of drug-likeness (QED) is 0.810. The molecular formula is C15H20N2O. The molecule has 3 heteroatoms. The lowest BCUT2D eigenvalue weighted by Crippen LogP contribution is -2.48. The number of hydrogen-bond donors (Lipinski definition) is 0. The maximum Gasteiger partial charge on any atom is 0.219 e. The number of carbonyl (C=O) groups is 1. The molecule has 18 heavy (non-hydrogen) atoms. The van der Waals surface area contributed by atoms with Crippen molar-refractivity contribution in [2.75, 3.05) is 32.7 Å². The van der Waals surface area contributed by atoms with Crippen molar-refractivity contribution < 1.29 is 4.79 Å². The molecule has 0 atom stereocenters. The van der Waals surface area contributed by atoms with Gasteiger partial charge >= 0.3 is 0 Å². The Morgan fingerprint density at radius 2 is 1.78 bits per heavy atom. The van der Waals surface area contributed by atoms with Gasteiger partial charge in [-0.3, -0.25) is 9.69 Å². The van der Waals surface area contributed by atoms with Crippen LogP contribution in [-0.4, -0.2) is 48.4 Å². The van der Waals surface area contributed by atoms with Gasteiger partial charge in [0.25, 0.3) is 0 Å². The average Bonchev–Trinajstić information content (AvgIpc) is 2.40. The molecule has 1 saturated heterocycles. The van der Waals surface area contributed by atoms with Gasteiger partial charge in [0.15, 0.2) is 0 Å². The van der Waals surface area contributed by atoms with E-state index in [1.54, 1.807) is 6.92 Å². The highest BCUT2D eigenvalue weighted by Crippen LogP contribution is 2.14. The summed E-state index contributed by atoms with van der Waals surface area (Å²) < 4.78 is 0. The van der Waals surface area contributed by atoms with Crippen LogP contribution in [0, 0.1) is 0 Å². The van der Waals surface area contributed by atoms with Crippen LogP contribution in [0.15, 0.2) is 36.9 Å². The third-order valence-corrected chi connectivity index (χ3v) is 3.41. The van der Waals surface area contributed by atoms with Crippen molar-refractivity contribution >= 4 is 11.5 Å². The predicted molar refractivity (Wildman–Crippen MR) is 74.2 cm³/mol. The summed E-state index contributed by atoms with van der Waals surface area (Å²) in [6, 6.07) is 10.3. The van der Waals surface area contributed by atoms with E-state index in [0.717, 1.165) is 38.3 Å². The van der Waals surface area contributed by atoms with Gasteiger partial charge in [-0.2, -0.15) is 0 Å². The molecule has 1 aliphatic heterocycles. The van der Waals surface area contributed by atoms with E-state index in [2.05, 4.69) is 23.6 Å². The Morgan fingerprint density at radius 1 is 1.17 bits per heavy atom. The van der Waals surface area contributed by atoms with Crippen LogP contribution >= 0.6 is 0 Å². The Kier molecular flexibility index (Phi) is 4.15. The summed E-state index contributed by atoms with van der Waals surface area (Å²) in [7, 11) is 0. The maximum atomic E-state index is 11.2. The molecular weight excluding hydrogens is 224 g/mol. The van der Waals surface area contributed by atoms with Crippen molar-refractivity contribution in [2.45, 2.75) is 6.92 Å². The molecule has 1 heterocycles. The van der Waals surface area contributed by atoms with Crippen LogP contribution in [0.4, 0.5) is 0 Å². The van der Waals surface area contributed by atoms with Crippen molar-refractivity contribution in [2.24, 2.45) is 0 Å². The van der Waals surface area contributed by atoms with Crippen LogP contribution in [0.1, 0.15) is 12.5 Å². The number of nitrogens with zero attached hydrogens (tertiary/aromatic N) is 2. The third-order valence-electron chi connectivity index (χ3n) is 3.41. The molecule has 0 radical (unpaired) electrons. The van der Waals surface area contributed by atoms with Gasteiger partial charge in [0.2, 0.25) is 5.91 Å². The van der Waals surface area contributed by atoms with E-state index in [1.807, 2.05) is 23.1 Å². The Bertz CT molecular complexity index is 419. The normalized spacial score (nSPS) is 16.6. The van der Waals surface area contributed by atoms with Crippen molar-refractivity contribution in [3.8, 4) is 0 Å². The lowest BCUT2D eigenvalue weighted by molar-refractivity contribution is -0.130. The van der Waals surface area contributed by atoms with Crippen LogP contribution in [0.25, 0.3) is 5.57 Å². The fourth-order valence-corrected chi connectivity index (χ4v) is 2.26. The van der Waals surface area contributed by atoms with Gasteiger partial charge in [0.05, 0.1) is 0 Å². The van der Waals surface area contributed by atoms with Gasteiger partial charge in [0.1, 0.15) is 0 Å². The molecule has 2 rings (SSSR count). The second-order valence-electron chi connectivity index (χ2n) is 4.75. The van der Waals surface area contributed by atoms with Crippen LogP contribution in [0.5, 0.6) is 0 Å². The molecule has 1 amide bonds. The molecule has 0 N–H and O–H groups in total. The average molecular weight is 244 g/mol. The second-order valence-corrected chi connectivity index (χ2v) is 4.75. The van der Waals surface area contributed by atoms with E-state index in [0.29, 0.717) is 0 Å². The Hall–Kier alpha value is -1.61. The van der Waals surface area contributed by atoms with Crippen molar-refractivity contribution in [3.63, 3.8) is 0 Å². The highest BCUT2D eigenvalue weighted by Gasteiger charge is 2.18. The molecule has 0 saturated carbocycles. The summed E-state index contributed by atoms with van der Waals surface area (Å²) in [6.07, 6.45) is 0. The SMILES string of the molecule is C=C(CN1CCN(C(C)=O)CC1)c1ccccc1. The summed E-state index contributed by atoms with van der Waals surface area (Å²) in [5.41, 5.74) is 2.35. The van der Waals surface area contributed by atoms with Gasteiger partial charge in [-0.05, 0) is 11.1 Å². The molecule has 96 valence electrons. The number of rotatable bonds is 3. The number of piperazine rings is 1. The first-order chi connectivity index (χ1) is 8.66. The van der Waals surface area contributed by atoms with E-state index >= 15 is 0 Å². The fraction of sp³-hybridized carbons (Fsp3) is 0.400. The second kappa shape index (κ2) is 5.83. The molecule has 0 aliphatic carbocycles. The lowest BCUT2D eigenvalue weighted by atomic mass is 10.1. The molecule has 3 nitrogen and oxygen atoms in total. The molecule has 1 aromatic rings. The summed E-state index contributed by atoms with van der Waals surface area (Å²) in [5.74, 6) is 0.177. The summed E-state index contributed by atoms with van der Waals surface area (Å²) >= 11 is 0. The summed E-state index contributed by atoms with van der Waals surface area (Å²) in [4.78, 5) is 15.5. The lowest BCUT2D eigenvalue weighted by Gasteiger charge is -2.34. The summed E-state index contributed by atoms with van der Waals surface area (Å²) in [6.45, 7) is 10.2. The minimum absolute atomic E-state index is 0.177. The van der Waals surface area contributed by atoms with Gasteiger partial charge in [0, 0.05) is 39.6 Å². The Balaban J connectivity index is 1.85. The molecule has 0 bridgehead atoms. The van der Waals surface area contributed by atoms with E-state index in [1.165, 1.54) is 5.56 Å². The van der Waals surface area contributed by atoms with Gasteiger partial charge < -0.3 is 4.90 Å². The van der Waals surface area contributed by atoms with Crippen LogP contribution < -0.4 is 0 Å². The third kappa shape index (κ3) is 3.20. The minimum atomic E-state index is 0.177. The number of hydrogen-bond acceptors (Lipinski definition) is 2. The van der Waals surface area contributed by atoms with E-state index < -0.39 is 0 Å². The summed E-state index contributed by atoms with van der Waals surface area (Å²) in [5, 5.41) is 0. The Morgan fingerprint density at radius 3 is 2.33 bits per heavy atom. The van der Waals surface area contributed by atoms with Crippen LogP contribution in [0.2, 0.25) is 0 Å². The first-order valence-electron chi connectivity index (χ1n) is 6.38. The predicted octanol–water partition coefficient (Wildman–Crippen LogP) is 1.86. The highest BCUT2D eigenvalue weighted by atomic mass is 16.2. The zero-order valence-electron chi connectivity index (χ0n) is 10.9. The molecule has 1 fully saturated rings. The zero-order chi connectivity index (χ0) is 13.0. The smallest absolute Gasteiger partial charge is 0.219 e. The van der Waals surface area contributed by atoms with Crippen molar-refractivity contribution in [1.82, 2.24) is 9.80 Å². The topological polar surface area (TPSA) is 23.6 Å².